The maximum atomic E-state index is 12.1. The molecule has 0 saturated carbocycles. The quantitative estimate of drug-likeness (QED) is 0.0551. The SMILES string of the molecule is CCC/C=C\C/C=C\CCCCCCCCOCC(COP(=O)(O)OCCN)OC(=O)CCCCC. The van der Waals surface area contributed by atoms with Gasteiger partial charge in [-0.25, -0.2) is 4.57 Å². The molecule has 0 saturated heterocycles. The van der Waals surface area contributed by atoms with E-state index in [-0.39, 0.29) is 32.3 Å². The molecule has 0 aliphatic carbocycles. The lowest BCUT2D eigenvalue weighted by molar-refractivity contribution is -0.154. The number of hydrogen-bond donors (Lipinski definition) is 2. The Labute approximate surface area is 219 Å². The average molecular weight is 534 g/mol. The summed E-state index contributed by atoms with van der Waals surface area (Å²) in [6, 6.07) is 0. The highest BCUT2D eigenvalue weighted by Crippen LogP contribution is 2.43. The van der Waals surface area contributed by atoms with Gasteiger partial charge in [-0.2, -0.15) is 0 Å². The third-order valence-electron chi connectivity index (χ3n) is 5.35. The molecule has 0 spiro atoms. The molecular weight excluding hydrogens is 481 g/mol. The van der Waals surface area contributed by atoms with E-state index in [2.05, 4.69) is 38.2 Å². The molecule has 3 N–H and O–H groups in total. The standard InChI is InChI=1S/C27H52NO7P/c1-3-5-7-8-9-10-11-12-13-14-15-16-17-19-22-32-24-26(35-27(29)20-18-6-4-2)25-34-36(30,31)33-23-21-28/h7-8,10-11,26H,3-6,9,12-25,28H2,1-2H3,(H,30,31)/b8-7-,11-10-. The first-order valence-electron chi connectivity index (χ1n) is 13.8. The first-order valence-corrected chi connectivity index (χ1v) is 15.3. The number of phosphoric ester groups is 1. The van der Waals surface area contributed by atoms with E-state index < -0.39 is 13.9 Å². The number of carbonyl (C=O) groups is 1. The van der Waals surface area contributed by atoms with Crippen molar-refractivity contribution in [2.75, 3.05) is 33.0 Å². The fraction of sp³-hybridized carbons (Fsp3) is 0.815. The highest BCUT2D eigenvalue weighted by molar-refractivity contribution is 7.47. The van der Waals surface area contributed by atoms with Crippen LogP contribution in [-0.4, -0.2) is 49.9 Å². The van der Waals surface area contributed by atoms with Crippen molar-refractivity contribution >= 4 is 13.8 Å². The van der Waals surface area contributed by atoms with Crippen molar-refractivity contribution in [3.63, 3.8) is 0 Å². The van der Waals surface area contributed by atoms with Gasteiger partial charge in [0, 0.05) is 19.6 Å². The van der Waals surface area contributed by atoms with Crippen LogP contribution in [0.1, 0.15) is 104 Å². The van der Waals surface area contributed by atoms with Crippen LogP contribution in [0, 0.1) is 0 Å². The number of ether oxygens (including phenoxy) is 2. The zero-order chi connectivity index (χ0) is 26.7. The van der Waals surface area contributed by atoms with Gasteiger partial charge < -0.3 is 20.1 Å². The molecule has 9 heteroatoms. The van der Waals surface area contributed by atoms with Gasteiger partial charge in [0.2, 0.25) is 0 Å². The summed E-state index contributed by atoms with van der Waals surface area (Å²) in [7, 11) is -4.24. The van der Waals surface area contributed by atoms with Crippen LogP contribution in [0.4, 0.5) is 0 Å². The molecule has 0 bridgehead atoms. The molecule has 0 aromatic heterocycles. The minimum absolute atomic E-state index is 0.0980. The van der Waals surface area contributed by atoms with Crippen molar-refractivity contribution in [3.8, 4) is 0 Å². The summed E-state index contributed by atoms with van der Waals surface area (Å²) in [6.45, 7) is 4.62. The fourth-order valence-electron chi connectivity index (χ4n) is 3.32. The van der Waals surface area contributed by atoms with Crippen molar-refractivity contribution in [1.29, 1.82) is 0 Å². The third kappa shape index (κ3) is 24.7. The molecule has 0 aromatic rings. The molecule has 8 nitrogen and oxygen atoms in total. The van der Waals surface area contributed by atoms with E-state index >= 15 is 0 Å². The molecule has 212 valence electrons. The van der Waals surface area contributed by atoms with Crippen LogP contribution >= 0.6 is 7.82 Å². The van der Waals surface area contributed by atoms with E-state index in [0.29, 0.717) is 13.0 Å². The minimum atomic E-state index is -4.24. The second-order valence-corrected chi connectivity index (χ2v) is 10.4. The van der Waals surface area contributed by atoms with Gasteiger partial charge in [-0.15, -0.1) is 0 Å². The second-order valence-electron chi connectivity index (χ2n) is 8.91. The summed E-state index contributed by atoms with van der Waals surface area (Å²) in [5.74, 6) is -0.362. The highest BCUT2D eigenvalue weighted by Gasteiger charge is 2.25. The van der Waals surface area contributed by atoms with Crippen molar-refractivity contribution < 1.29 is 32.8 Å². The van der Waals surface area contributed by atoms with Gasteiger partial charge >= 0.3 is 13.8 Å². The summed E-state index contributed by atoms with van der Waals surface area (Å²) in [5.41, 5.74) is 5.28. The van der Waals surface area contributed by atoms with Gasteiger partial charge in [0.15, 0.2) is 0 Å². The van der Waals surface area contributed by atoms with E-state index in [1.165, 1.54) is 32.1 Å². The Bertz CT molecular complexity index is 613. The Morgan fingerprint density at radius 1 is 0.833 bits per heavy atom. The van der Waals surface area contributed by atoms with Crippen molar-refractivity contribution in [3.05, 3.63) is 24.3 Å². The van der Waals surface area contributed by atoms with Crippen molar-refractivity contribution in [1.82, 2.24) is 0 Å². The molecular formula is C27H52NO7P. The van der Waals surface area contributed by atoms with Gasteiger partial charge in [0.05, 0.1) is 19.8 Å². The molecule has 0 fully saturated rings. The predicted molar refractivity (Wildman–Crippen MR) is 146 cm³/mol. The predicted octanol–water partition coefficient (Wildman–Crippen LogP) is 6.62. The van der Waals surface area contributed by atoms with Gasteiger partial charge in [0.1, 0.15) is 6.10 Å². The van der Waals surface area contributed by atoms with Crippen LogP contribution < -0.4 is 5.73 Å². The van der Waals surface area contributed by atoms with Gasteiger partial charge in [0.25, 0.3) is 0 Å². The lowest BCUT2D eigenvalue weighted by Gasteiger charge is -2.20. The smallest absolute Gasteiger partial charge is 0.457 e. The molecule has 0 rings (SSSR count). The Morgan fingerprint density at radius 2 is 1.53 bits per heavy atom. The first-order chi connectivity index (χ1) is 17.4. The molecule has 2 atom stereocenters. The zero-order valence-electron chi connectivity index (χ0n) is 22.7. The normalized spacial score (nSPS) is 14.4. The van der Waals surface area contributed by atoms with E-state index in [9.17, 15) is 14.3 Å². The summed E-state index contributed by atoms with van der Waals surface area (Å²) in [5, 5.41) is 0. The minimum Gasteiger partial charge on any atom is -0.457 e. The first kappa shape index (κ1) is 35.0. The maximum Gasteiger partial charge on any atom is 0.472 e. The van der Waals surface area contributed by atoms with Gasteiger partial charge in [-0.3, -0.25) is 13.8 Å². The zero-order valence-corrected chi connectivity index (χ0v) is 23.6. The number of nitrogens with two attached hydrogens (primary N) is 1. The van der Waals surface area contributed by atoms with E-state index in [1.54, 1.807) is 0 Å². The molecule has 36 heavy (non-hydrogen) atoms. The number of hydrogen-bond acceptors (Lipinski definition) is 7. The Kier molecular flexibility index (Phi) is 24.9. The lowest BCUT2D eigenvalue weighted by atomic mass is 10.1. The van der Waals surface area contributed by atoms with E-state index in [1.807, 2.05) is 0 Å². The van der Waals surface area contributed by atoms with Crippen molar-refractivity contribution in [2.45, 2.75) is 110 Å². The number of rotatable bonds is 26. The van der Waals surface area contributed by atoms with Crippen LogP contribution in [0.15, 0.2) is 24.3 Å². The average Bonchev–Trinajstić information content (AvgIpc) is 2.86. The highest BCUT2D eigenvalue weighted by atomic mass is 31.2. The Morgan fingerprint density at radius 3 is 2.22 bits per heavy atom. The lowest BCUT2D eigenvalue weighted by Crippen LogP contribution is -2.28. The molecule has 0 radical (unpaired) electrons. The van der Waals surface area contributed by atoms with Crippen LogP contribution in [0.5, 0.6) is 0 Å². The maximum absolute atomic E-state index is 12.1. The molecule has 0 aromatic carbocycles. The second kappa shape index (κ2) is 25.6. The number of carbonyl (C=O) groups excluding carboxylic acids is 1. The number of phosphoric acid groups is 1. The fourth-order valence-corrected chi connectivity index (χ4v) is 4.09. The molecule has 0 amide bonds. The van der Waals surface area contributed by atoms with Crippen LogP contribution in [0.25, 0.3) is 0 Å². The topological polar surface area (TPSA) is 117 Å². The van der Waals surface area contributed by atoms with Gasteiger partial charge in [-0.05, 0) is 38.5 Å². The van der Waals surface area contributed by atoms with E-state index in [0.717, 1.165) is 51.4 Å². The van der Waals surface area contributed by atoms with Gasteiger partial charge in [-0.1, -0.05) is 83.1 Å². The molecule has 0 aliphatic rings. The van der Waals surface area contributed by atoms with Crippen LogP contribution in [0.3, 0.4) is 0 Å². The summed E-state index contributed by atoms with van der Waals surface area (Å²) >= 11 is 0. The summed E-state index contributed by atoms with van der Waals surface area (Å²) in [4.78, 5) is 21.8. The van der Waals surface area contributed by atoms with Crippen LogP contribution in [0.2, 0.25) is 0 Å². The Hall–Kier alpha value is -1.02. The van der Waals surface area contributed by atoms with E-state index in [4.69, 9.17) is 24.3 Å². The van der Waals surface area contributed by atoms with Crippen molar-refractivity contribution in [2.24, 2.45) is 5.73 Å². The summed E-state index contributed by atoms with van der Waals surface area (Å²) in [6.07, 6.45) is 22.6. The number of esters is 1. The number of allylic oxidation sites excluding steroid dienone is 4. The third-order valence-corrected chi connectivity index (χ3v) is 6.34. The largest absolute Gasteiger partial charge is 0.472 e. The molecule has 0 aliphatic heterocycles. The van der Waals surface area contributed by atoms with Crippen LogP contribution in [-0.2, 0) is 27.9 Å². The summed E-state index contributed by atoms with van der Waals surface area (Å²) < 4.78 is 32.6. The number of unbranched alkanes of at least 4 members (excludes halogenated alkanes) is 9. The molecule has 2 unspecified atom stereocenters. The Balaban J connectivity index is 4.02. The molecule has 0 heterocycles. The monoisotopic (exact) mass is 533 g/mol.